The Bertz CT molecular complexity index is 1040. The van der Waals surface area contributed by atoms with Gasteiger partial charge in [-0.15, -0.1) is 0 Å². The van der Waals surface area contributed by atoms with Gasteiger partial charge in [-0.2, -0.15) is 0 Å². The Morgan fingerprint density at radius 2 is 1.48 bits per heavy atom. The van der Waals surface area contributed by atoms with Crippen LogP contribution in [0, 0.1) is 5.92 Å². The second-order valence-corrected chi connectivity index (χ2v) is 8.58. The molecule has 0 aromatic heterocycles. The predicted octanol–water partition coefficient (Wildman–Crippen LogP) is 5.18. The fraction of sp³-hybridized carbons (Fsp3) is 0.444. The van der Waals surface area contributed by atoms with Gasteiger partial charge in [-0.3, -0.25) is 4.79 Å². The molecule has 0 N–H and O–H groups in total. The van der Waals surface area contributed by atoms with Crippen LogP contribution in [0.4, 0.5) is 0 Å². The first-order valence-electron chi connectivity index (χ1n) is 11.6. The summed E-state index contributed by atoms with van der Waals surface area (Å²) in [5, 5.41) is 0. The molecule has 0 atom stereocenters. The topological polar surface area (TPSA) is 57.2 Å². The van der Waals surface area contributed by atoms with Crippen LogP contribution in [0.3, 0.4) is 0 Å². The SMILES string of the molecule is COc1ccc(C=C2c3cc(OC)c(OC)cc3CCN2C(=O)C2CCCCC2)cc1OC. The van der Waals surface area contributed by atoms with E-state index in [2.05, 4.69) is 6.08 Å². The largest absolute Gasteiger partial charge is 0.493 e. The molecule has 176 valence electrons. The van der Waals surface area contributed by atoms with Crippen LogP contribution in [-0.2, 0) is 11.2 Å². The molecule has 6 nitrogen and oxygen atoms in total. The van der Waals surface area contributed by atoms with E-state index in [1.165, 1.54) is 6.42 Å². The highest BCUT2D eigenvalue weighted by molar-refractivity contribution is 5.95. The summed E-state index contributed by atoms with van der Waals surface area (Å²) < 4.78 is 22.0. The highest BCUT2D eigenvalue weighted by Gasteiger charge is 2.32. The number of carbonyl (C=O) groups excluding carboxylic acids is 1. The van der Waals surface area contributed by atoms with E-state index in [-0.39, 0.29) is 11.8 Å². The Balaban J connectivity index is 1.82. The number of benzene rings is 2. The lowest BCUT2D eigenvalue weighted by Gasteiger charge is -2.35. The summed E-state index contributed by atoms with van der Waals surface area (Å²) >= 11 is 0. The summed E-state index contributed by atoms with van der Waals surface area (Å²) in [4.78, 5) is 15.6. The average Bonchev–Trinajstić information content (AvgIpc) is 2.88. The third kappa shape index (κ3) is 4.65. The summed E-state index contributed by atoms with van der Waals surface area (Å²) in [7, 11) is 6.53. The van der Waals surface area contributed by atoms with E-state index >= 15 is 0 Å². The molecule has 33 heavy (non-hydrogen) atoms. The van der Waals surface area contributed by atoms with Crippen LogP contribution >= 0.6 is 0 Å². The molecule has 0 saturated heterocycles. The van der Waals surface area contributed by atoms with Gasteiger partial charge in [-0.25, -0.2) is 0 Å². The minimum atomic E-state index is 0.0919. The number of rotatable bonds is 6. The Kier molecular flexibility index (Phi) is 7.11. The lowest BCUT2D eigenvalue weighted by molar-refractivity contribution is -0.133. The number of hydrogen-bond donors (Lipinski definition) is 0. The molecule has 1 amide bonds. The predicted molar refractivity (Wildman–Crippen MR) is 129 cm³/mol. The van der Waals surface area contributed by atoms with Crippen molar-refractivity contribution < 1.29 is 23.7 Å². The second-order valence-electron chi connectivity index (χ2n) is 8.58. The van der Waals surface area contributed by atoms with Gasteiger partial charge in [0.15, 0.2) is 23.0 Å². The number of fused-ring (bicyclic) bond motifs is 1. The molecule has 1 aliphatic carbocycles. The van der Waals surface area contributed by atoms with Crippen molar-refractivity contribution in [2.75, 3.05) is 35.0 Å². The van der Waals surface area contributed by atoms with E-state index in [0.29, 0.717) is 29.5 Å². The Morgan fingerprint density at radius 3 is 2.15 bits per heavy atom. The van der Waals surface area contributed by atoms with Gasteiger partial charge in [0, 0.05) is 18.0 Å². The number of methoxy groups -OCH3 is 4. The molecule has 2 aromatic carbocycles. The zero-order chi connectivity index (χ0) is 23.4. The maximum absolute atomic E-state index is 13.6. The van der Waals surface area contributed by atoms with Crippen molar-refractivity contribution in [2.24, 2.45) is 5.92 Å². The average molecular weight is 452 g/mol. The standard InChI is InChI=1S/C27H33NO5/c1-30-23-11-10-18(15-24(23)31-2)14-22-21-17-26(33-4)25(32-3)16-20(21)12-13-28(22)27(29)19-8-6-5-7-9-19/h10-11,14-17,19H,5-9,12-13H2,1-4H3. The van der Waals surface area contributed by atoms with Gasteiger partial charge in [0.1, 0.15) is 0 Å². The number of ether oxygens (including phenoxy) is 4. The van der Waals surface area contributed by atoms with E-state index in [9.17, 15) is 4.79 Å². The van der Waals surface area contributed by atoms with Crippen LogP contribution in [-0.4, -0.2) is 45.8 Å². The van der Waals surface area contributed by atoms with Crippen LogP contribution in [0.1, 0.15) is 48.8 Å². The van der Waals surface area contributed by atoms with Crippen molar-refractivity contribution in [3.8, 4) is 23.0 Å². The summed E-state index contributed by atoms with van der Waals surface area (Å²) in [5.41, 5.74) is 3.97. The highest BCUT2D eigenvalue weighted by Crippen LogP contribution is 2.40. The zero-order valence-electron chi connectivity index (χ0n) is 20.0. The molecule has 0 unspecified atom stereocenters. The third-order valence-electron chi connectivity index (χ3n) is 6.71. The summed E-state index contributed by atoms with van der Waals surface area (Å²) in [5.74, 6) is 3.00. The maximum atomic E-state index is 13.6. The molecule has 0 spiro atoms. The molecule has 0 bridgehead atoms. The van der Waals surface area contributed by atoms with Crippen molar-refractivity contribution >= 4 is 17.7 Å². The van der Waals surface area contributed by atoms with Crippen LogP contribution in [0.2, 0.25) is 0 Å². The first kappa shape index (κ1) is 23.0. The summed E-state index contributed by atoms with van der Waals surface area (Å²) in [6.07, 6.45) is 8.25. The molecule has 1 fully saturated rings. The smallest absolute Gasteiger partial charge is 0.230 e. The number of hydrogen-bond acceptors (Lipinski definition) is 5. The van der Waals surface area contributed by atoms with Gasteiger partial charge in [-0.05, 0) is 60.7 Å². The minimum absolute atomic E-state index is 0.0919. The first-order valence-corrected chi connectivity index (χ1v) is 11.6. The fourth-order valence-corrected chi connectivity index (χ4v) is 4.92. The molecule has 4 rings (SSSR count). The van der Waals surface area contributed by atoms with E-state index < -0.39 is 0 Å². The molecule has 2 aliphatic rings. The van der Waals surface area contributed by atoms with Crippen LogP contribution in [0.15, 0.2) is 30.3 Å². The van der Waals surface area contributed by atoms with Crippen molar-refractivity contribution in [1.29, 1.82) is 0 Å². The van der Waals surface area contributed by atoms with Crippen molar-refractivity contribution in [3.05, 3.63) is 47.0 Å². The van der Waals surface area contributed by atoms with Gasteiger partial charge >= 0.3 is 0 Å². The van der Waals surface area contributed by atoms with E-state index in [1.807, 2.05) is 35.2 Å². The molecule has 1 saturated carbocycles. The zero-order valence-corrected chi connectivity index (χ0v) is 20.0. The van der Waals surface area contributed by atoms with E-state index in [1.54, 1.807) is 28.4 Å². The van der Waals surface area contributed by atoms with Crippen LogP contribution < -0.4 is 18.9 Å². The lowest BCUT2D eigenvalue weighted by atomic mass is 9.86. The second kappa shape index (κ2) is 10.2. The number of amides is 1. The summed E-state index contributed by atoms with van der Waals surface area (Å²) in [6, 6.07) is 9.81. The number of nitrogens with zero attached hydrogens (tertiary/aromatic N) is 1. The van der Waals surface area contributed by atoms with Gasteiger partial charge in [0.2, 0.25) is 5.91 Å². The molecular formula is C27H33NO5. The van der Waals surface area contributed by atoms with Gasteiger partial charge < -0.3 is 23.8 Å². The van der Waals surface area contributed by atoms with Crippen molar-refractivity contribution in [1.82, 2.24) is 4.90 Å². The van der Waals surface area contributed by atoms with Gasteiger partial charge in [-0.1, -0.05) is 25.3 Å². The lowest BCUT2D eigenvalue weighted by Crippen LogP contribution is -2.39. The molecule has 1 heterocycles. The normalized spacial score (nSPS) is 17.5. The molecule has 6 heteroatoms. The van der Waals surface area contributed by atoms with Crippen LogP contribution in [0.25, 0.3) is 11.8 Å². The minimum Gasteiger partial charge on any atom is -0.493 e. The maximum Gasteiger partial charge on any atom is 0.230 e. The van der Waals surface area contributed by atoms with E-state index in [4.69, 9.17) is 18.9 Å². The Hall–Kier alpha value is -3.15. The monoisotopic (exact) mass is 451 g/mol. The van der Waals surface area contributed by atoms with E-state index in [0.717, 1.165) is 54.5 Å². The highest BCUT2D eigenvalue weighted by atomic mass is 16.5. The number of carbonyl (C=O) groups is 1. The Labute approximate surface area is 196 Å². The fourth-order valence-electron chi connectivity index (χ4n) is 4.92. The Morgan fingerprint density at radius 1 is 0.848 bits per heavy atom. The third-order valence-corrected chi connectivity index (χ3v) is 6.71. The molecule has 1 aliphatic heterocycles. The van der Waals surface area contributed by atoms with Gasteiger partial charge in [0.25, 0.3) is 0 Å². The van der Waals surface area contributed by atoms with Gasteiger partial charge in [0.05, 0.1) is 34.1 Å². The molecular weight excluding hydrogens is 418 g/mol. The quantitative estimate of drug-likeness (QED) is 0.605. The molecule has 0 radical (unpaired) electrons. The van der Waals surface area contributed by atoms with Crippen molar-refractivity contribution in [2.45, 2.75) is 38.5 Å². The van der Waals surface area contributed by atoms with Crippen molar-refractivity contribution in [3.63, 3.8) is 0 Å². The first-order chi connectivity index (χ1) is 16.1. The summed E-state index contributed by atoms with van der Waals surface area (Å²) in [6.45, 7) is 0.650. The van der Waals surface area contributed by atoms with Crippen LogP contribution in [0.5, 0.6) is 23.0 Å². The molecule has 2 aromatic rings.